The molecule has 4 aromatic heterocycles. The number of ether oxygens (including phenoxy) is 2. The topological polar surface area (TPSA) is 124 Å². The normalized spacial score (nSPS) is 13.5. The van der Waals surface area contributed by atoms with Crippen molar-refractivity contribution in [2.24, 2.45) is 0 Å². The number of thiophene rings is 1. The summed E-state index contributed by atoms with van der Waals surface area (Å²) in [7, 11) is 0. The standard InChI is InChI=1S/C29H36ClFN6O5S/c1-16-19(14-20(17(2)31)33-26(38)41-28(3,4)5)22(24-32-11-12-40-24)37-21(16)23(34-25(30)35-37)36(15-18-10-9-13-43-18)27(39)42-29(6,7)8/h9-13,17,20H,14-15H2,1-8H3,(H,33,38)/t17-,20+/m0/s1. The molecule has 0 aromatic carbocycles. The smallest absolute Gasteiger partial charge is 0.416 e. The van der Waals surface area contributed by atoms with Crippen molar-refractivity contribution in [1.82, 2.24) is 24.9 Å². The van der Waals surface area contributed by atoms with Crippen molar-refractivity contribution in [2.45, 2.75) is 91.8 Å². The summed E-state index contributed by atoms with van der Waals surface area (Å²) in [5.41, 5.74) is 0.397. The highest BCUT2D eigenvalue weighted by atomic mass is 35.5. The highest BCUT2D eigenvalue weighted by Crippen LogP contribution is 2.37. The zero-order valence-electron chi connectivity index (χ0n) is 25.4. The Hall–Kier alpha value is -3.71. The van der Waals surface area contributed by atoms with Crippen LogP contribution in [0.2, 0.25) is 5.28 Å². The SMILES string of the molecule is Cc1c(C[C@@H](NC(=O)OC(C)(C)C)[C@H](C)F)c(-c2ncco2)n2nc(Cl)nc(N(Cc3cccs3)C(=O)OC(C)(C)C)c12. The van der Waals surface area contributed by atoms with E-state index in [-0.39, 0.29) is 30.0 Å². The van der Waals surface area contributed by atoms with E-state index in [2.05, 4.69) is 20.4 Å². The van der Waals surface area contributed by atoms with Gasteiger partial charge in [-0.05, 0) is 96.0 Å². The van der Waals surface area contributed by atoms with Crippen LogP contribution in [0.3, 0.4) is 0 Å². The van der Waals surface area contributed by atoms with Crippen LogP contribution in [0.1, 0.15) is 64.5 Å². The Kier molecular flexibility index (Phi) is 9.36. The zero-order chi connectivity index (χ0) is 31.7. The Morgan fingerprint density at radius 3 is 2.47 bits per heavy atom. The lowest BCUT2D eigenvalue weighted by Crippen LogP contribution is -2.44. The van der Waals surface area contributed by atoms with Crippen molar-refractivity contribution in [3.63, 3.8) is 0 Å². The van der Waals surface area contributed by atoms with Crippen molar-refractivity contribution in [3.8, 4) is 11.6 Å². The molecule has 0 saturated carbocycles. The van der Waals surface area contributed by atoms with E-state index < -0.39 is 35.6 Å². The van der Waals surface area contributed by atoms with E-state index in [0.29, 0.717) is 22.3 Å². The average Bonchev–Trinajstić information content (AvgIpc) is 3.61. The molecule has 0 saturated heterocycles. The van der Waals surface area contributed by atoms with Gasteiger partial charge in [0, 0.05) is 4.88 Å². The lowest BCUT2D eigenvalue weighted by Gasteiger charge is -2.27. The summed E-state index contributed by atoms with van der Waals surface area (Å²) in [4.78, 5) is 37.3. The van der Waals surface area contributed by atoms with E-state index in [0.717, 1.165) is 4.88 Å². The van der Waals surface area contributed by atoms with Gasteiger partial charge in [-0.2, -0.15) is 4.98 Å². The van der Waals surface area contributed by atoms with E-state index in [1.54, 1.807) is 48.5 Å². The number of nitrogens with zero attached hydrogens (tertiary/aromatic N) is 5. The number of nitrogens with one attached hydrogen (secondary N) is 1. The maximum Gasteiger partial charge on any atom is 0.416 e. The molecule has 0 aliphatic heterocycles. The van der Waals surface area contributed by atoms with Crippen LogP contribution >= 0.6 is 22.9 Å². The number of oxazole rings is 1. The fourth-order valence-electron chi connectivity index (χ4n) is 4.43. The number of anilines is 1. The third-order valence-corrected chi connectivity index (χ3v) is 7.21. The summed E-state index contributed by atoms with van der Waals surface area (Å²) in [5, 5.41) is 8.84. The van der Waals surface area contributed by atoms with E-state index in [9.17, 15) is 9.59 Å². The Labute approximate surface area is 258 Å². The molecule has 0 aliphatic carbocycles. The number of aromatic nitrogens is 4. The number of carbonyl (C=O) groups excluding carboxylic acids is 2. The summed E-state index contributed by atoms with van der Waals surface area (Å²) in [6.45, 7) is 13.8. The molecular formula is C29H36ClFN6O5S. The predicted octanol–water partition coefficient (Wildman–Crippen LogP) is 7.14. The van der Waals surface area contributed by atoms with Gasteiger partial charge in [0.15, 0.2) is 5.82 Å². The Morgan fingerprint density at radius 1 is 1.21 bits per heavy atom. The fraction of sp³-hybridized carbons (Fsp3) is 0.483. The third-order valence-electron chi connectivity index (χ3n) is 6.19. The van der Waals surface area contributed by atoms with Crippen LogP contribution in [0.5, 0.6) is 0 Å². The first kappa shape index (κ1) is 32.2. The summed E-state index contributed by atoms with van der Waals surface area (Å²) >= 11 is 7.94. The molecule has 1 N–H and O–H groups in total. The molecule has 0 bridgehead atoms. The average molecular weight is 635 g/mol. The van der Waals surface area contributed by atoms with Crippen molar-refractivity contribution in [1.29, 1.82) is 0 Å². The molecule has 232 valence electrons. The maximum atomic E-state index is 15.0. The molecule has 0 unspecified atom stereocenters. The third kappa shape index (κ3) is 7.82. The molecule has 2 atom stereocenters. The van der Waals surface area contributed by atoms with Gasteiger partial charge in [-0.25, -0.2) is 23.5 Å². The second kappa shape index (κ2) is 12.5. The lowest BCUT2D eigenvalue weighted by molar-refractivity contribution is 0.0476. The van der Waals surface area contributed by atoms with Crippen LogP contribution in [-0.4, -0.2) is 55.2 Å². The van der Waals surface area contributed by atoms with Gasteiger partial charge in [-0.1, -0.05) is 6.07 Å². The molecule has 0 spiro atoms. The van der Waals surface area contributed by atoms with Crippen molar-refractivity contribution < 1.29 is 27.9 Å². The van der Waals surface area contributed by atoms with Crippen LogP contribution in [0.4, 0.5) is 19.8 Å². The van der Waals surface area contributed by atoms with Gasteiger partial charge in [-0.15, -0.1) is 16.4 Å². The Balaban J connectivity index is 1.91. The summed E-state index contributed by atoms with van der Waals surface area (Å²) in [6.07, 6.45) is 0.0260. The molecule has 2 amide bonds. The molecule has 14 heteroatoms. The van der Waals surface area contributed by atoms with Crippen LogP contribution < -0.4 is 10.2 Å². The molecule has 0 radical (unpaired) electrons. The first-order chi connectivity index (χ1) is 20.0. The second-order valence-electron chi connectivity index (χ2n) is 12.0. The monoisotopic (exact) mass is 634 g/mol. The number of carbonyl (C=O) groups is 2. The van der Waals surface area contributed by atoms with Crippen molar-refractivity contribution in [2.75, 3.05) is 4.90 Å². The number of hydrogen-bond acceptors (Lipinski definition) is 9. The quantitative estimate of drug-likeness (QED) is 0.217. The number of aryl methyl sites for hydroxylation is 1. The molecule has 4 rings (SSSR count). The number of amides is 2. The molecule has 11 nitrogen and oxygen atoms in total. The van der Waals surface area contributed by atoms with E-state index in [4.69, 9.17) is 25.5 Å². The molecule has 0 fully saturated rings. The number of hydrogen-bond donors (Lipinski definition) is 1. The number of alkyl halides is 1. The minimum Gasteiger partial charge on any atom is -0.444 e. The van der Waals surface area contributed by atoms with Crippen LogP contribution in [0.15, 0.2) is 34.4 Å². The van der Waals surface area contributed by atoms with Crippen molar-refractivity contribution in [3.05, 3.63) is 51.3 Å². The molecule has 4 heterocycles. The molecule has 4 aromatic rings. The van der Waals surface area contributed by atoms with Gasteiger partial charge in [0.1, 0.15) is 34.8 Å². The summed E-state index contributed by atoms with van der Waals surface area (Å²) < 4.78 is 33.3. The van der Waals surface area contributed by atoms with Gasteiger partial charge < -0.3 is 19.2 Å². The highest BCUT2D eigenvalue weighted by Gasteiger charge is 2.33. The van der Waals surface area contributed by atoms with E-state index in [1.165, 1.54) is 40.1 Å². The number of halogens is 2. The second-order valence-corrected chi connectivity index (χ2v) is 13.4. The molecule has 43 heavy (non-hydrogen) atoms. The minimum absolute atomic E-state index is 0.0121. The number of rotatable bonds is 8. The predicted molar refractivity (Wildman–Crippen MR) is 162 cm³/mol. The number of alkyl carbamates (subject to hydrolysis) is 1. The minimum atomic E-state index is -1.46. The zero-order valence-corrected chi connectivity index (χ0v) is 27.0. The van der Waals surface area contributed by atoms with Crippen LogP contribution in [-0.2, 0) is 22.4 Å². The highest BCUT2D eigenvalue weighted by molar-refractivity contribution is 7.09. The maximum absolute atomic E-state index is 15.0. The van der Waals surface area contributed by atoms with Gasteiger partial charge >= 0.3 is 12.2 Å². The van der Waals surface area contributed by atoms with Gasteiger partial charge in [-0.3, -0.25) is 4.90 Å². The summed E-state index contributed by atoms with van der Waals surface area (Å²) in [6, 6.07) is 2.79. The van der Waals surface area contributed by atoms with E-state index in [1.807, 2.05) is 17.5 Å². The Bertz CT molecular complexity index is 1580. The van der Waals surface area contributed by atoms with Gasteiger partial charge in [0.25, 0.3) is 0 Å². The first-order valence-corrected chi connectivity index (χ1v) is 14.9. The molecular weight excluding hydrogens is 599 g/mol. The van der Waals surface area contributed by atoms with Gasteiger partial charge in [0.05, 0.1) is 18.8 Å². The van der Waals surface area contributed by atoms with Crippen LogP contribution in [0.25, 0.3) is 17.1 Å². The van der Waals surface area contributed by atoms with Crippen LogP contribution in [0, 0.1) is 6.92 Å². The van der Waals surface area contributed by atoms with Crippen molar-refractivity contribution >= 4 is 46.5 Å². The largest absolute Gasteiger partial charge is 0.444 e. The molecule has 0 aliphatic rings. The van der Waals surface area contributed by atoms with Gasteiger partial charge in [0.2, 0.25) is 11.2 Å². The Morgan fingerprint density at radius 2 is 1.91 bits per heavy atom. The first-order valence-electron chi connectivity index (χ1n) is 13.7. The number of fused-ring (bicyclic) bond motifs is 1. The van der Waals surface area contributed by atoms with E-state index >= 15 is 4.39 Å². The summed E-state index contributed by atoms with van der Waals surface area (Å²) in [5.74, 6) is 0.368. The fourth-order valence-corrected chi connectivity index (χ4v) is 5.28. The lowest BCUT2D eigenvalue weighted by atomic mass is 9.99.